The normalized spacial score (nSPS) is 15.2. The number of nitrogens with zero attached hydrogens (tertiary/aromatic N) is 4. The van der Waals surface area contributed by atoms with E-state index in [1.54, 1.807) is 6.07 Å². The van der Waals surface area contributed by atoms with Crippen LogP contribution in [0.3, 0.4) is 0 Å². The van der Waals surface area contributed by atoms with Gasteiger partial charge in [-0.2, -0.15) is 0 Å². The van der Waals surface area contributed by atoms with E-state index in [4.69, 9.17) is 0 Å². The number of hydrogen-bond donors (Lipinski definition) is 1. The van der Waals surface area contributed by atoms with Crippen molar-refractivity contribution in [2.45, 2.75) is 20.3 Å². The molecule has 0 radical (unpaired) electrons. The van der Waals surface area contributed by atoms with E-state index in [1.807, 2.05) is 6.07 Å². The second kappa shape index (κ2) is 10.7. The lowest BCUT2D eigenvalue weighted by atomic mass is 10.1. The highest BCUT2D eigenvalue weighted by Gasteiger charge is 2.18. The van der Waals surface area contributed by atoms with E-state index >= 15 is 0 Å². The van der Waals surface area contributed by atoms with Crippen LogP contribution in [0.15, 0.2) is 48.8 Å². The first kappa shape index (κ1) is 21.0. The summed E-state index contributed by atoms with van der Waals surface area (Å²) in [4.78, 5) is 25.5. The second-order valence-electron chi connectivity index (χ2n) is 7.80. The molecular formula is C23H31N5O. The molecule has 0 saturated carbocycles. The molecule has 0 unspecified atom stereocenters. The van der Waals surface area contributed by atoms with Gasteiger partial charge in [-0.3, -0.25) is 9.69 Å². The Hall–Kier alpha value is -2.73. The van der Waals surface area contributed by atoms with Crippen LogP contribution in [-0.2, 0) is 0 Å². The van der Waals surface area contributed by atoms with Crippen molar-refractivity contribution in [3.63, 3.8) is 0 Å². The van der Waals surface area contributed by atoms with E-state index in [0.29, 0.717) is 18.2 Å². The van der Waals surface area contributed by atoms with Gasteiger partial charge >= 0.3 is 0 Å². The molecule has 2 heterocycles. The summed E-state index contributed by atoms with van der Waals surface area (Å²) in [6.45, 7) is 9.63. The number of benzene rings is 1. The molecule has 1 amide bonds. The highest BCUT2D eigenvalue weighted by atomic mass is 16.1. The summed E-state index contributed by atoms with van der Waals surface area (Å²) in [5, 5.41) is 2.94. The first-order chi connectivity index (χ1) is 14.1. The summed E-state index contributed by atoms with van der Waals surface area (Å²) in [6.07, 6.45) is 6.84. The quantitative estimate of drug-likeness (QED) is 0.747. The number of anilines is 1. The summed E-state index contributed by atoms with van der Waals surface area (Å²) >= 11 is 0. The number of nitrogens with one attached hydrogen (secondary N) is 1. The summed E-state index contributed by atoms with van der Waals surface area (Å²) in [5.74, 6) is 1.27. The van der Waals surface area contributed by atoms with E-state index in [1.165, 1.54) is 11.9 Å². The molecule has 1 fully saturated rings. The van der Waals surface area contributed by atoms with Crippen LogP contribution in [0.4, 0.5) is 5.82 Å². The zero-order valence-corrected chi connectivity index (χ0v) is 17.4. The molecule has 2 aromatic rings. The van der Waals surface area contributed by atoms with Gasteiger partial charge in [0.1, 0.15) is 17.8 Å². The van der Waals surface area contributed by atoms with Gasteiger partial charge in [-0.15, -0.1) is 0 Å². The van der Waals surface area contributed by atoms with Gasteiger partial charge in [-0.1, -0.05) is 56.3 Å². The van der Waals surface area contributed by atoms with Crippen molar-refractivity contribution in [3.05, 3.63) is 60.1 Å². The molecule has 6 nitrogen and oxygen atoms in total. The smallest absolute Gasteiger partial charge is 0.270 e. The number of carbonyl (C=O) groups is 1. The zero-order chi connectivity index (χ0) is 20.5. The number of hydrogen-bond acceptors (Lipinski definition) is 5. The number of rotatable bonds is 8. The predicted molar refractivity (Wildman–Crippen MR) is 118 cm³/mol. The van der Waals surface area contributed by atoms with Gasteiger partial charge in [0.05, 0.1) is 0 Å². The Kier molecular flexibility index (Phi) is 7.76. The zero-order valence-electron chi connectivity index (χ0n) is 17.4. The van der Waals surface area contributed by atoms with Gasteiger partial charge in [0.25, 0.3) is 5.91 Å². The van der Waals surface area contributed by atoms with Gasteiger partial charge in [0.15, 0.2) is 0 Å². The Balaban J connectivity index is 1.48. The maximum atomic E-state index is 12.3. The van der Waals surface area contributed by atoms with Crippen molar-refractivity contribution < 1.29 is 4.79 Å². The van der Waals surface area contributed by atoms with Crippen LogP contribution in [0.1, 0.15) is 36.3 Å². The number of carbonyl (C=O) groups excluding carboxylic acids is 1. The Labute approximate surface area is 173 Å². The number of piperazine rings is 1. The number of aromatic nitrogens is 2. The van der Waals surface area contributed by atoms with Crippen LogP contribution in [0.5, 0.6) is 0 Å². The van der Waals surface area contributed by atoms with Gasteiger partial charge in [-0.05, 0) is 17.9 Å². The highest BCUT2D eigenvalue weighted by molar-refractivity contribution is 5.92. The summed E-state index contributed by atoms with van der Waals surface area (Å²) in [7, 11) is 0. The Bertz CT molecular complexity index is 798. The van der Waals surface area contributed by atoms with Crippen LogP contribution >= 0.6 is 0 Å². The lowest BCUT2D eigenvalue weighted by Crippen LogP contribution is -2.46. The van der Waals surface area contributed by atoms with E-state index < -0.39 is 0 Å². The molecule has 1 N–H and O–H groups in total. The lowest BCUT2D eigenvalue weighted by molar-refractivity contribution is 0.0947. The number of amides is 1. The molecule has 29 heavy (non-hydrogen) atoms. The fourth-order valence-electron chi connectivity index (χ4n) is 3.27. The summed E-state index contributed by atoms with van der Waals surface area (Å²) < 4.78 is 0. The molecule has 1 aliphatic heterocycles. The third kappa shape index (κ3) is 6.68. The van der Waals surface area contributed by atoms with E-state index in [2.05, 4.69) is 75.3 Å². The molecule has 0 spiro atoms. The fraction of sp³-hybridized carbons (Fsp3) is 0.435. The van der Waals surface area contributed by atoms with Crippen molar-refractivity contribution in [1.29, 1.82) is 0 Å². The minimum Gasteiger partial charge on any atom is -0.354 e. The SMILES string of the molecule is CC(C)CCNC(=O)c1cc(N2CCN(C/C=C/c3ccccc3)CC2)ncn1. The maximum absolute atomic E-state index is 12.3. The molecule has 154 valence electrons. The summed E-state index contributed by atoms with van der Waals surface area (Å²) in [6, 6.07) is 12.2. The molecule has 1 aliphatic rings. The average Bonchev–Trinajstić information content (AvgIpc) is 2.75. The molecule has 3 rings (SSSR count). The molecule has 1 saturated heterocycles. The van der Waals surface area contributed by atoms with Gasteiger partial charge in [0, 0.05) is 45.3 Å². The Morgan fingerprint density at radius 1 is 1.14 bits per heavy atom. The molecule has 0 atom stereocenters. The molecule has 1 aromatic heterocycles. The van der Waals surface area contributed by atoms with Crippen LogP contribution in [0.2, 0.25) is 0 Å². The third-order valence-corrected chi connectivity index (χ3v) is 5.06. The lowest BCUT2D eigenvalue weighted by Gasteiger charge is -2.34. The monoisotopic (exact) mass is 393 g/mol. The minimum atomic E-state index is -0.126. The van der Waals surface area contributed by atoms with E-state index in [9.17, 15) is 4.79 Å². The Morgan fingerprint density at radius 2 is 1.90 bits per heavy atom. The summed E-state index contributed by atoms with van der Waals surface area (Å²) in [5.41, 5.74) is 1.67. The second-order valence-corrected chi connectivity index (χ2v) is 7.80. The molecule has 0 aliphatic carbocycles. The van der Waals surface area contributed by atoms with Crippen LogP contribution in [0.25, 0.3) is 6.08 Å². The predicted octanol–water partition coefficient (Wildman–Crippen LogP) is 3.09. The van der Waals surface area contributed by atoms with Crippen molar-refractivity contribution in [2.75, 3.05) is 44.2 Å². The standard InChI is InChI=1S/C23H31N5O/c1-19(2)10-11-24-23(29)21-17-22(26-18-25-21)28-15-13-27(14-16-28)12-6-9-20-7-4-3-5-8-20/h3-9,17-19H,10-16H2,1-2H3,(H,24,29)/b9-6+. The highest BCUT2D eigenvalue weighted by Crippen LogP contribution is 2.14. The topological polar surface area (TPSA) is 61.4 Å². The largest absolute Gasteiger partial charge is 0.354 e. The molecule has 6 heteroatoms. The Morgan fingerprint density at radius 3 is 2.62 bits per heavy atom. The van der Waals surface area contributed by atoms with Gasteiger partial charge in [0.2, 0.25) is 0 Å². The molecule has 0 bridgehead atoms. The van der Waals surface area contributed by atoms with Crippen LogP contribution in [0, 0.1) is 5.92 Å². The first-order valence-corrected chi connectivity index (χ1v) is 10.4. The van der Waals surface area contributed by atoms with Crippen molar-refractivity contribution in [1.82, 2.24) is 20.2 Å². The van der Waals surface area contributed by atoms with E-state index in [-0.39, 0.29) is 5.91 Å². The van der Waals surface area contributed by atoms with Gasteiger partial charge < -0.3 is 10.2 Å². The first-order valence-electron chi connectivity index (χ1n) is 10.4. The van der Waals surface area contributed by atoms with Crippen LogP contribution < -0.4 is 10.2 Å². The fourth-order valence-corrected chi connectivity index (χ4v) is 3.27. The van der Waals surface area contributed by atoms with Gasteiger partial charge in [-0.25, -0.2) is 9.97 Å². The van der Waals surface area contributed by atoms with Crippen LogP contribution in [-0.4, -0.2) is 60.0 Å². The van der Waals surface area contributed by atoms with Crippen molar-refractivity contribution >= 4 is 17.8 Å². The third-order valence-electron chi connectivity index (χ3n) is 5.06. The van der Waals surface area contributed by atoms with Crippen molar-refractivity contribution in [3.8, 4) is 0 Å². The average molecular weight is 394 g/mol. The molecular weight excluding hydrogens is 362 g/mol. The molecule has 1 aromatic carbocycles. The van der Waals surface area contributed by atoms with E-state index in [0.717, 1.165) is 45.0 Å². The van der Waals surface area contributed by atoms with Crippen molar-refractivity contribution in [2.24, 2.45) is 5.92 Å². The minimum absolute atomic E-state index is 0.126. The maximum Gasteiger partial charge on any atom is 0.270 e.